The number of ether oxygens (including phenoxy) is 1. The molecule has 0 saturated heterocycles. The van der Waals surface area contributed by atoms with Crippen molar-refractivity contribution in [2.75, 3.05) is 6.61 Å². The highest BCUT2D eigenvalue weighted by atomic mass is 16.5. The minimum absolute atomic E-state index is 0.183. The molecule has 2 unspecified atom stereocenters. The summed E-state index contributed by atoms with van der Waals surface area (Å²) >= 11 is 0. The van der Waals surface area contributed by atoms with Gasteiger partial charge in [-0.25, -0.2) is 0 Å². The molecule has 0 spiro atoms. The van der Waals surface area contributed by atoms with Crippen LogP contribution in [0.1, 0.15) is 31.7 Å². The van der Waals surface area contributed by atoms with Crippen LogP contribution in [0.3, 0.4) is 0 Å². The number of hydrogen-bond donors (Lipinski definition) is 1. The van der Waals surface area contributed by atoms with E-state index in [0.29, 0.717) is 0 Å². The molecule has 0 radical (unpaired) electrons. The van der Waals surface area contributed by atoms with Gasteiger partial charge in [0.05, 0.1) is 6.10 Å². The smallest absolute Gasteiger partial charge is 0.0753 e. The van der Waals surface area contributed by atoms with Crippen molar-refractivity contribution in [2.24, 2.45) is 11.7 Å². The lowest BCUT2D eigenvalue weighted by Gasteiger charge is -2.23. The Kier molecular flexibility index (Phi) is 4.57. The first-order valence-corrected chi connectivity index (χ1v) is 6.72. The Labute approximate surface area is 104 Å². The van der Waals surface area contributed by atoms with Gasteiger partial charge >= 0.3 is 0 Å². The molecule has 0 bridgehead atoms. The molecular weight excluding hydrogens is 210 g/mol. The first kappa shape index (κ1) is 12.6. The molecule has 1 fully saturated rings. The maximum atomic E-state index is 6.27. The average Bonchev–Trinajstić information content (AvgIpc) is 3.18. The number of benzene rings is 1. The van der Waals surface area contributed by atoms with E-state index >= 15 is 0 Å². The normalized spacial score (nSPS) is 18.9. The summed E-state index contributed by atoms with van der Waals surface area (Å²) < 4.78 is 5.79. The maximum absolute atomic E-state index is 6.27. The third-order valence-electron chi connectivity index (χ3n) is 3.48. The Balaban J connectivity index is 1.81. The van der Waals surface area contributed by atoms with Crippen LogP contribution >= 0.6 is 0 Å². The van der Waals surface area contributed by atoms with Gasteiger partial charge in [0.15, 0.2) is 0 Å². The second kappa shape index (κ2) is 6.18. The van der Waals surface area contributed by atoms with Crippen LogP contribution in [0.5, 0.6) is 0 Å². The monoisotopic (exact) mass is 233 g/mol. The van der Waals surface area contributed by atoms with E-state index in [4.69, 9.17) is 10.5 Å². The zero-order valence-corrected chi connectivity index (χ0v) is 10.6. The average molecular weight is 233 g/mol. The van der Waals surface area contributed by atoms with Gasteiger partial charge in [0, 0.05) is 12.6 Å². The van der Waals surface area contributed by atoms with Crippen LogP contribution in [0, 0.1) is 5.92 Å². The van der Waals surface area contributed by atoms with E-state index in [-0.39, 0.29) is 12.1 Å². The van der Waals surface area contributed by atoms with E-state index in [1.54, 1.807) is 0 Å². The van der Waals surface area contributed by atoms with E-state index < -0.39 is 0 Å². The first-order chi connectivity index (χ1) is 8.31. The molecule has 0 heterocycles. The van der Waals surface area contributed by atoms with Crippen molar-refractivity contribution in [2.45, 2.75) is 44.8 Å². The van der Waals surface area contributed by atoms with Gasteiger partial charge in [0.2, 0.25) is 0 Å². The molecule has 1 aliphatic carbocycles. The zero-order valence-electron chi connectivity index (χ0n) is 10.6. The van der Waals surface area contributed by atoms with Crippen molar-refractivity contribution in [1.29, 1.82) is 0 Å². The fourth-order valence-corrected chi connectivity index (χ4v) is 2.37. The van der Waals surface area contributed by atoms with Crippen molar-refractivity contribution in [1.82, 2.24) is 0 Å². The molecule has 17 heavy (non-hydrogen) atoms. The number of hydrogen-bond acceptors (Lipinski definition) is 2. The lowest BCUT2D eigenvalue weighted by atomic mass is 9.99. The van der Waals surface area contributed by atoms with Crippen LogP contribution in [0.15, 0.2) is 30.3 Å². The number of aryl methyl sites for hydroxylation is 1. The zero-order chi connectivity index (χ0) is 12.1. The first-order valence-electron chi connectivity index (χ1n) is 6.72. The summed E-state index contributed by atoms with van der Waals surface area (Å²) in [7, 11) is 0. The molecule has 0 amide bonds. The van der Waals surface area contributed by atoms with Crippen LogP contribution in [0.2, 0.25) is 0 Å². The summed E-state index contributed by atoms with van der Waals surface area (Å²) in [6.07, 6.45) is 4.94. The molecular formula is C15H23NO. The Bertz CT molecular complexity index is 321. The largest absolute Gasteiger partial charge is 0.377 e. The topological polar surface area (TPSA) is 35.2 Å². The van der Waals surface area contributed by atoms with E-state index in [1.165, 1.54) is 18.4 Å². The van der Waals surface area contributed by atoms with Gasteiger partial charge in [0.1, 0.15) is 0 Å². The maximum Gasteiger partial charge on any atom is 0.0753 e. The summed E-state index contributed by atoms with van der Waals surface area (Å²) in [5.74, 6) is 0.723. The van der Waals surface area contributed by atoms with Crippen LogP contribution in [-0.2, 0) is 11.2 Å². The van der Waals surface area contributed by atoms with Crippen LogP contribution in [0.4, 0.5) is 0 Å². The summed E-state index contributed by atoms with van der Waals surface area (Å²) in [6.45, 7) is 2.83. The highest BCUT2D eigenvalue weighted by Gasteiger charge is 2.35. The van der Waals surface area contributed by atoms with E-state index in [9.17, 15) is 0 Å². The summed E-state index contributed by atoms with van der Waals surface area (Å²) in [4.78, 5) is 0. The molecule has 2 nitrogen and oxygen atoms in total. The Morgan fingerprint density at radius 2 is 2.00 bits per heavy atom. The third kappa shape index (κ3) is 3.83. The third-order valence-corrected chi connectivity index (χ3v) is 3.48. The molecule has 0 aliphatic heterocycles. The van der Waals surface area contributed by atoms with E-state index in [2.05, 4.69) is 37.3 Å². The second-order valence-corrected chi connectivity index (χ2v) is 4.95. The molecule has 1 aromatic rings. The number of nitrogens with two attached hydrogens (primary N) is 1. The van der Waals surface area contributed by atoms with E-state index in [1.807, 2.05) is 0 Å². The van der Waals surface area contributed by atoms with Gasteiger partial charge in [-0.05, 0) is 44.1 Å². The number of rotatable bonds is 7. The van der Waals surface area contributed by atoms with Crippen molar-refractivity contribution in [3.63, 3.8) is 0 Å². The van der Waals surface area contributed by atoms with Crippen molar-refractivity contribution in [3.8, 4) is 0 Å². The molecule has 2 heteroatoms. The van der Waals surface area contributed by atoms with Crippen LogP contribution in [0.25, 0.3) is 0 Å². The van der Waals surface area contributed by atoms with Crippen molar-refractivity contribution >= 4 is 0 Å². The predicted molar refractivity (Wildman–Crippen MR) is 70.9 cm³/mol. The fourth-order valence-electron chi connectivity index (χ4n) is 2.37. The van der Waals surface area contributed by atoms with Gasteiger partial charge in [0.25, 0.3) is 0 Å². The van der Waals surface area contributed by atoms with E-state index in [0.717, 1.165) is 25.4 Å². The lowest BCUT2D eigenvalue weighted by Crippen LogP contribution is -2.38. The SMILES string of the molecule is CCOC(C(N)CCc1ccccc1)C1CC1. The van der Waals surface area contributed by atoms with Crippen molar-refractivity contribution in [3.05, 3.63) is 35.9 Å². The molecule has 2 N–H and O–H groups in total. The molecule has 94 valence electrons. The standard InChI is InChI=1S/C15H23NO/c1-2-17-15(13-9-10-13)14(16)11-8-12-6-4-3-5-7-12/h3-7,13-15H,2,8-11,16H2,1H3. The Morgan fingerprint density at radius 3 is 2.59 bits per heavy atom. The van der Waals surface area contributed by atoms with Crippen LogP contribution in [-0.4, -0.2) is 18.8 Å². The molecule has 1 saturated carbocycles. The minimum atomic E-state index is 0.183. The Hall–Kier alpha value is -0.860. The predicted octanol–water partition coefficient (Wildman–Crippen LogP) is 2.76. The minimum Gasteiger partial charge on any atom is -0.377 e. The highest BCUT2D eigenvalue weighted by Crippen LogP contribution is 2.36. The molecule has 0 aromatic heterocycles. The molecule has 1 aromatic carbocycles. The lowest BCUT2D eigenvalue weighted by molar-refractivity contribution is 0.0269. The van der Waals surface area contributed by atoms with Gasteiger partial charge in [-0.15, -0.1) is 0 Å². The van der Waals surface area contributed by atoms with Gasteiger partial charge in [-0.2, -0.15) is 0 Å². The summed E-state index contributed by atoms with van der Waals surface area (Å²) in [5.41, 5.74) is 7.64. The van der Waals surface area contributed by atoms with Gasteiger partial charge < -0.3 is 10.5 Å². The molecule has 2 atom stereocenters. The molecule has 2 rings (SSSR count). The Morgan fingerprint density at radius 1 is 1.29 bits per heavy atom. The second-order valence-electron chi connectivity index (χ2n) is 4.95. The van der Waals surface area contributed by atoms with Gasteiger partial charge in [-0.1, -0.05) is 30.3 Å². The quantitative estimate of drug-likeness (QED) is 0.786. The fraction of sp³-hybridized carbons (Fsp3) is 0.600. The molecule has 1 aliphatic rings. The highest BCUT2D eigenvalue weighted by molar-refractivity contribution is 5.14. The van der Waals surface area contributed by atoms with Gasteiger partial charge in [-0.3, -0.25) is 0 Å². The summed E-state index contributed by atoms with van der Waals surface area (Å²) in [6, 6.07) is 10.7. The van der Waals surface area contributed by atoms with Crippen LogP contribution < -0.4 is 5.73 Å². The van der Waals surface area contributed by atoms with Crippen molar-refractivity contribution < 1.29 is 4.74 Å². The summed E-state index contributed by atoms with van der Waals surface area (Å²) in [5, 5.41) is 0.